The van der Waals surface area contributed by atoms with E-state index in [2.05, 4.69) is 5.32 Å². The van der Waals surface area contributed by atoms with Gasteiger partial charge in [-0.2, -0.15) is 0 Å². The Morgan fingerprint density at radius 2 is 1.74 bits per heavy atom. The van der Waals surface area contributed by atoms with Crippen LogP contribution in [0.5, 0.6) is 5.75 Å². The highest BCUT2D eigenvalue weighted by atomic mass is 35.5. The third-order valence-corrected chi connectivity index (χ3v) is 5.20. The molecule has 0 radical (unpaired) electrons. The average Bonchev–Trinajstić information content (AvgIpc) is 2.61. The van der Waals surface area contributed by atoms with E-state index in [0.717, 1.165) is 12.8 Å². The normalized spacial score (nSPS) is 11.3. The van der Waals surface area contributed by atoms with Gasteiger partial charge in [-0.05, 0) is 36.2 Å². The van der Waals surface area contributed by atoms with Crippen molar-refractivity contribution in [1.29, 1.82) is 0 Å². The first-order valence-electron chi connectivity index (χ1n) is 8.24. The smallest absolute Gasteiger partial charge is 0.251 e. The van der Waals surface area contributed by atoms with Crippen LogP contribution in [0.25, 0.3) is 0 Å². The summed E-state index contributed by atoms with van der Waals surface area (Å²) in [4.78, 5) is 12.3. The molecule has 2 rings (SSSR count). The van der Waals surface area contributed by atoms with Crippen LogP contribution in [0.2, 0.25) is 10.0 Å². The van der Waals surface area contributed by atoms with Crippen LogP contribution in [-0.4, -0.2) is 20.9 Å². The molecule has 0 aliphatic carbocycles. The maximum absolute atomic E-state index is 12.3. The van der Waals surface area contributed by atoms with Gasteiger partial charge in [0.1, 0.15) is 0 Å². The Labute approximate surface area is 168 Å². The van der Waals surface area contributed by atoms with Gasteiger partial charge in [-0.1, -0.05) is 48.7 Å². The van der Waals surface area contributed by atoms with E-state index in [-0.39, 0.29) is 27.4 Å². The average molecular weight is 431 g/mol. The predicted octanol–water partition coefficient (Wildman–Crippen LogP) is 3.75. The Morgan fingerprint density at radius 3 is 2.26 bits per heavy atom. The molecule has 0 aromatic heterocycles. The third kappa shape index (κ3) is 6.10. The summed E-state index contributed by atoms with van der Waals surface area (Å²) in [6.45, 7) is 2.74. The van der Waals surface area contributed by atoms with Gasteiger partial charge < -0.3 is 10.1 Å². The number of primary sulfonamides is 1. The molecule has 2 aromatic carbocycles. The fraction of sp³-hybridized carbons (Fsp3) is 0.278. The second-order valence-corrected chi connectivity index (χ2v) is 8.22. The van der Waals surface area contributed by atoms with E-state index in [1.54, 1.807) is 12.1 Å². The molecule has 0 fully saturated rings. The van der Waals surface area contributed by atoms with E-state index in [9.17, 15) is 13.2 Å². The second kappa shape index (κ2) is 9.41. The quantitative estimate of drug-likeness (QED) is 0.622. The first-order valence-corrected chi connectivity index (χ1v) is 10.5. The molecule has 27 heavy (non-hydrogen) atoms. The van der Waals surface area contributed by atoms with Crippen molar-refractivity contribution in [3.63, 3.8) is 0 Å². The monoisotopic (exact) mass is 430 g/mol. The minimum absolute atomic E-state index is 0.00908. The zero-order valence-corrected chi connectivity index (χ0v) is 17.0. The molecular formula is C18H20Cl2N2O4S. The standard InChI is InChI=1S/C18H20Cl2N2O4S/c1-2-3-8-26-17-15(19)9-13(10-16(17)20)18(23)22-11-12-4-6-14(7-5-12)27(21,24)25/h4-7,9-10H,2-3,8,11H2,1H3,(H,22,23)(H2,21,24,25). The van der Waals surface area contributed by atoms with E-state index in [4.69, 9.17) is 33.1 Å². The number of sulfonamides is 1. The van der Waals surface area contributed by atoms with Crippen LogP contribution >= 0.6 is 23.2 Å². The lowest BCUT2D eigenvalue weighted by atomic mass is 10.2. The molecule has 0 aliphatic heterocycles. The summed E-state index contributed by atoms with van der Waals surface area (Å²) in [5.74, 6) is -0.00338. The molecule has 1 amide bonds. The summed E-state index contributed by atoms with van der Waals surface area (Å²) in [6.07, 6.45) is 1.85. The Bertz CT molecular complexity index is 892. The molecule has 146 valence electrons. The highest BCUT2D eigenvalue weighted by molar-refractivity contribution is 7.89. The van der Waals surface area contributed by atoms with Crippen molar-refractivity contribution in [3.05, 3.63) is 57.6 Å². The number of benzene rings is 2. The lowest BCUT2D eigenvalue weighted by Crippen LogP contribution is -2.23. The van der Waals surface area contributed by atoms with Gasteiger partial charge in [-0.3, -0.25) is 4.79 Å². The summed E-state index contributed by atoms with van der Waals surface area (Å²) < 4.78 is 28.0. The molecule has 0 atom stereocenters. The van der Waals surface area contributed by atoms with Crippen molar-refractivity contribution in [3.8, 4) is 5.75 Å². The van der Waals surface area contributed by atoms with E-state index in [1.807, 2.05) is 6.92 Å². The molecular weight excluding hydrogens is 411 g/mol. The van der Waals surface area contributed by atoms with Crippen LogP contribution in [0.1, 0.15) is 35.7 Å². The topological polar surface area (TPSA) is 98.5 Å². The predicted molar refractivity (Wildman–Crippen MR) is 106 cm³/mol. The fourth-order valence-corrected chi connectivity index (χ4v) is 3.34. The lowest BCUT2D eigenvalue weighted by molar-refractivity contribution is 0.0951. The second-order valence-electron chi connectivity index (χ2n) is 5.84. The summed E-state index contributed by atoms with van der Waals surface area (Å²) >= 11 is 12.4. The van der Waals surface area contributed by atoms with E-state index in [0.29, 0.717) is 23.5 Å². The van der Waals surface area contributed by atoms with E-state index >= 15 is 0 Å². The zero-order chi connectivity index (χ0) is 20.0. The molecule has 6 nitrogen and oxygen atoms in total. The third-order valence-electron chi connectivity index (χ3n) is 3.71. The zero-order valence-electron chi connectivity index (χ0n) is 14.7. The van der Waals surface area contributed by atoms with Crippen molar-refractivity contribution >= 4 is 39.1 Å². The van der Waals surface area contributed by atoms with Gasteiger partial charge in [-0.25, -0.2) is 13.6 Å². The van der Waals surface area contributed by atoms with Gasteiger partial charge in [0.05, 0.1) is 21.5 Å². The van der Waals surface area contributed by atoms with Gasteiger partial charge in [0.25, 0.3) is 5.91 Å². The molecule has 0 saturated carbocycles. The van der Waals surface area contributed by atoms with Crippen LogP contribution in [-0.2, 0) is 16.6 Å². The van der Waals surface area contributed by atoms with Crippen molar-refractivity contribution < 1.29 is 17.9 Å². The van der Waals surface area contributed by atoms with Crippen molar-refractivity contribution in [1.82, 2.24) is 5.32 Å². The first kappa shape index (κ1) is 21.5. The van der Waals surface area contributed by atoms with Crippen LogP contribution in [0.15, 0.2) is 41.3 Å². The van der Waals surface area contributed by atoms with Gasteiger partial charge in [0.2, 0.25) is 10.0 Å². The number of carbonyl (C=O) groups is 1. The van der Waals surface area contributed by atoms with Gasteiger partial charge in [0, 0.05) is 12.1 Å². The maximum Gasteiger partial charge on any atom is 0.251 e. The Morgan fingerprint density at radius 1 is 1.15 bits per heavy atom. The first-order chi connectivity index (χ1) is 12.7. The minimum Gasteiger partial charge on any atom is -0.490 e. The van der Waals surface area contributed by atoms with Gasteiger partial charge in [-0.15, -0.1) is 0 Å². The van der Waals surface area contributed by atoms with Crippen molar-refractivity contribution in [2.24, 2.45) is 5.14 Å². The Balaban J connectivity index is 2.03. The minimum atomic E-state index is -3.74. The lowest BCUT2D eigenvalue weighted by Gasteiger charge is -2.12. The molecule has 0 unspecified atom stereocenters. The molecule has 0 aliphatic rings. The number of amides is 1. The van der Waals surface area contributed by atoms with Crippen LogP contribution in [0, 0.1) is 0 Å². The van der Waals surface area contributed by atoms with Crippen LogP contribution in [0.4, 0.5) is 0 Å². The molecule has 0 heterocycles. The highest BCUT2D eigenvalue weighted by Gasteiger charge is 2.14. The summed E-state index contributed by atoms with van der Waals surface area (Å²) in [5.41, 5.74) is 1.02. The van der Waals surface area contributed by atoms with E-state index in [1.165, 1.54) is 24.3 Å². The number of hydrogen-bond acceptors (Lipinski definition) is 4. The van der Waals surface area contributed by atoms with Crippen LogP contribution < -0.4 is 15.2 Å². The Hall–Kier alpha value is -1.80. The number of ether oxygens (including phenoxy) is 1. The molecule has 9 heteroatoms. The number of unbranched alkanes of at least 4 members (excludes halogenated alkanes) is 1. The van der Waals surface area contributed by atoms with Gasteiger partial charge >= 0.3 is 0 Å². The molecule has 0 saturated heterocycles. The van der Waals surface area contributed by atoms with Crippen LogP contribution in [0.3, 0.4) is 0 Å². The molecule has 0 spiro atoms. The number of carbonyl (C=O) groups excluding carboxylic acids is 1. The van der Waals surface area contributed by atoms with Gasteiger partial charge in [0.15, 0.2) is 5.75 Å². The number of rotatable bonds is 8. The SMILES string of the molecule is CCCCOc1c(Cl)cc(C(=O)NCc2ccc(S(N)(=O)=O)cc2)cc1Cl. The van der Waals surface area contributed by atoms with Crippen molar-refractivity contribution in [2.75, 3.05) is 6.61 Å². The summed E-state index contributed by atoms with van der Waals surface area (Å²) in [5, 5.41) is 8.30. The number of hydrogen-bond donors (Lipinski definition) is 2. The molecule has 0 bridgehead atoms. The fourth-order valence-electron chi connectivity index (χ4n) is 2.23. The number of nitrogens with two attached hydrogens (primary N) is 1. The van der Waals surface area contributed by atoms with E-state index < -0.39 is 10.0 Å². The van der Waals surface area contributed by atoms with Crippen molar-refractivity contribution in [2.45, 2.75) is 31.2 Å². The molecule has 2 aromatic rings. The molecule has 3 N–H and O–H groups in total. The number of nitrogens with one attached hydrogen (secondary N) is 1. The number of halogens is 2. The summed E-state index contributed by atoms with van der Waals surface area (Å²) in [7, 11) is -3.74. The summed E-state index contributed by atoms with van der Waals surface area (Å²) in [6, 6.07) is 8.90. The largest absolute Gasteiger partial charge is 0.490 e. The Kier molecular flexibility index (Phi) is 7.49. The maximum atomic E-state index is 12.3. The highest BCUT2D eigenvalue weighted by Crippen LogP contribution is 2.34.